The van der Waals surface area contributed by atoms with Crippen LogP contribution in [0.25, 0.3) is 0 Å². The van der Waals surface area contributed by atoms with Crippen molar-refractivity contribution in [3.05, 3.63) is 42.5 Å². The molecule has 23 heavy (non-hydrogen) atoms. The van der Waals surface area contributed by atoms with Crippen molar-refractivity contribution >= 4 is 16.0 Å². The van der Waals surface area contributed by atoms with Crippen LogP contribution in [0, 0.1) is 0 Å². The van der Waals surface area contributed by atoms with Crippen LogP contribution in [-0.2, 0) is 16.6 Å². The van der Waals surface area contributed by atoms with E-state index in [0.717, 1.165) is 24.8 Å². The predicted octanol–water partition coefficient (Wildman–Crippen LogP) is 1.45. The van der Waals surface area contributed by atoms with Gasteiger partial charge in [-0.15, -0.1) is 6.58 Å². The molecule has 1 aliphatic heterocycles. The molecule has 0 radical (unpaired) electrons. The standard InChI is InChI=1S/C16H24N4O2S/c1-2-9-18-16(17)19-13-14-7-6-8-15(12-14)23(21,22)20-10-4-3-5-11-20/h2,6-8,12H,1,3-5,9-11,13H2,(H3,17,18,19). The summed E-state index contributed by atoms with van der Waals surface area (Å²) in [5.74, 6) is 0.314. The van der Waals surface area contributed by atoms with Gasteiger partial charge in [0.15, 0.2) is 5.96 Å². The molecule has 1 fully saturated rings. The minimum Gasteiger partial charge on any atom is -0.370 e. The molecule has 7 heteroatoms. The third-order valence-electron chi connectivity index (χ3n) is 3.71. The Morgan fingerprint density at radius 2 is 2.09 bits per heavy atom. The van der Waals surface area contributed by atoms with Crippen LogP contribution in [0.4, 0.5) is 0 Å². The number of piperidine rings is 1. The molecule has 0 aromatic heterocycles. The van der Waals surface area contributed by atoms with Crippen LogP contribution in [-0.4, -0.2) is 38.3 Å². The van der Waals surface area contributed by atoms with E-state index in [1.807, 2.05) is 6.07 Å². The number of rotatable bonds is 6. The van der Waals surface area contributed by atoms with E-state index >= 15 is 0 Å². The van der Waals surface area contributed by atoms with Crippen molar-refractivity contribution in [2.45, 2.75) is 30.7 Å². The van der Waals surface area contributed by atoms with E-state index in [1.165, 1.54) is 0 Å². The lowest BCUT2D eigenvalue weighted by Crippen LogP contribution is -2.35. The molecule has 0 spiro atoms. The zero-order valence-corrected chi connectivity index (χ0v) is 14.1. The highest BCUT2D eigenvalue weighted by Crippen LogP contribution is 2.21. The molecule has 1 aromatic rings. The van der Waals surface area contributed by atoms with Crippen molar-refractivity contribution in [1.29, 1.82) is 0 Å². The normalized spacial score (nSPS) is 17.0. The zero-order valence-electron chi connectivity index (χ0n) is 13.2. The number of nitrogens with zero attached hydrogens (tertiary/aromatic N) is 2. The molecule has 6 nitrogen and oxygen atoms in total. The molecule has 1 saturated heterocycles. The van der Waals surface area contributed by atoms with Gasteiger partial charge in [0.1, 0.15) is 0 Å². The second-order valence-corrected chi connectivity index (χ2v) is 7.42. The lowest BCUT2D eigenvalue weighted by Gasteiger charge is -2.26. The maximum Gasteiger partial charge on any atom is 0.243 e. The number of guanidine groups is 1. The average Bonchev–Trinajstić information content (AvgIpc) is 2.59. The highest BCUT2D eigenvalue weighted by atomic mass is 32.2. The van der Waals surface area contributed by atoms with E-state index in [1.54, 1.807) is 28.6 Å². The molecule has 3 N–H and O–H groups in total. The molecule has 1 aliphatic rings. The SMILES string of the molecule is C=CCNC(N)=NCc1cccc(S(=O)(=O)N2CCCCC2)c1. The van der Waals surface area contributed by atoms with E-state index in [-0.39, 0.29) is 0 Å². The molecule has 2 rings (SSSR count). The van der Waals surface area contributed by atoms with Crippen molar-refractivity contribution in [2.24, 2.45) is 10.7 Å². The summed E-state index contributed by atoms with van der Waals surface area (Å²) in [4.78, 5) is 4.52. The largest absolute Gasteiger partial charge is 0.370 e. The quantitative estimate of drug-likeness (QED) is 0.467. The second kappa shape index (κ2) is 8.12. The molecule has 0 aliphatic carbocycles. The first-order valence-corrected chi connectivity index (χ1v) is 9.22. The number of nitrogens with one attached hydrogen (secondary N) is 1. The first-order chi connectivity index (χ1) is 11.0. The Morgan fingerprint density at radius 1 is 1.35 bits per heavy atom. The summed E-state index contributed by atoms with van der Waals surface area (Å²) >= 11 is 0. The number of hydrogen-bond acceptors (Lipinski definition) is 3. The summed E-state index contributed by atoms with van der Waals surface area (Å²) in [5.41, 5.74) is 6.52. The van der Waals surface area contributed by atoms with Gasteiger partial charge >= 0.3 is 0 Å². The van der Waals surface area contributed by atoms with Crippen LogP contribution in [0.3, 0.4) is 0 Å². The molecular formula is C16H24N4O2S. The second-order valence-electron chi connectivity index (χ2n) is 5.48. The van der Waals surface area contributed by atoms with Crippen LogP contribution < -0.4 is 11.1 Å². The van der Waals surface area contributed by atoms with Gasteiger partial charge in [0, 0.05) is 19.6 Å². The number of nitrogens with two attached hydrogens (primary N) is 1. The number of benzene rings is 1. The van der Waals surface area contributed by atoms with Gasteiger partial charge in [-0.2, -0.15) is 4.31 Å². The molecule has 0 atom stereocenters. The lowest BCUT2D eigenvalue weighted by atomic mass is 10.2. The van der Waals surface area contributed by atoms with E-state index in [2.05, 4.69) is 16.9 Å². The van der Waals surface area contributed by atoms with Gasteiger partial charge in [-0.1, -0.05) is 24.6 Å². The lowest BCUT2D eigenvalue weighted by molar-refractivity contribution is 0.346. The van der Waals surface area contributed by atoms with Crippen LogP contribution in [0.2, 0.25) is 0 Å². The zero-order chi connectivity index (χ0) is 16.7. The van der Waals surface area contributed by atoms with Crippen LogP contribution in [0.15, 0.2) is 46.8 Å². The maximum atomic E-state index is 12.7. The highest BCUT2D eigenvalue weighted by Gasteiger charge is 2.25. The van der Waals surface area contributed by atoms with Crippen LogP contribution in [0.1, 0.15) is 24.8 Å². The number of sulfonamides is 1. The molecular weight excluding hydrogens is 312 g/mol. The van der Waals surface area contributed by atoms with Crippen molar-refractivity contribution in [3.63, 3.8) is 0 Å². The van der Waals surface area contributed by atoms with E-state index in [4.69, 9.17) is 5.73 Å². The van der Waals surface area contributed by atoms with Crippen LogP contribution in [0.5, 0.6) is 0 Å². The molecule has 126 valence electrons. The summed E-state index contributed by atoms with van der Waals surface area (Å²) in [5, 5.41) is 2.88. The van der Waals surface area contributed by atoms with Gasteiger partial charge in [-0.25, -0.2) is 13.4 Å². The Hall–Kier alpha value is -1.86. The highest BCUT2D eigenvalue weighted by molar-refractivity contribution is 7.89. The van der Waals surface area contributed by atoms with E-state index in [0.29, 0.717) is 37.0 Å². The average molecular weight is 336 g/mol. The Kier molecular flexibility index (Phi) is 6.18. The summed E-state index contributed by atoms with van der Waals surface area (Å²) in [6.45, 7) is 5.66. The van der Waals surface area contributed by atoms with Crippen molar-refractivity contribution in [1.82, 2.24) is 9.62 Å². The fourth-order valence-corrected chi connectivity index (χ4v) is 4.06. The fourth-order valence-electron chi connectivity index (χ4n) is 2.47. The number of hydrogen-bond donors (Lipinski definition) is 2. The number of aliphatic imine (C=N–C) groups is 1. The van der Waals surface area contributed by atoms with Gasteiger partial charge in [0.05, 0.1) is 11.4 Å². The minimum absolute atomic E-state index is 0.314. The Morgan fingerprint density at radius 3 is 2.78 bits per heavy atom. The Bertz CT molecular complexity index is 664. The topological polar surface area (TPSA) is 87.8 Å². The summed E-state index contributed by atoms with van der Waals surface area (Å²) in [6, 6.07) is 6.90. The van der Waals surface area contributed by atoms with Crippen molar-refractivity contribution in [2.75, 3.05) is 19.6 Å². The van der Waals surface area contributed by atoms with E-state index in [9.17, 15) is 8.42 Å². The molecule has 1 heterocycles. The maximum absolute atomic E-state index is 12.7. The van der Waals surface area contributed by atoms with Crippen molar-refractivity contribution < 1.29 is 8.42 Å². The summed E-state index contributed by atoms with van der Waals surface area (Å²) in [7, 11) is -3.41. The molecule has 0 unspecified atom stereocenters. The van der Waals surface area contributed by atoms with Gasteiger partial charge in [0.25, 0.3) is 0 Å². The van der Waals surface area contributed by atoms with Gasteiger partial charge in [-0.05, 0) is 30.5 Å². The minimum atomic E-state index is -3.41. The third kappa shape index (κ3) is 4.80. The molecule has 0 bridgehead atoms. The fraction of sp³-hybridized carbons (Fsp3) is 0.438. The smallest absolute Gasteiger partial charge is 0.243 e. The first-order valence-electron chi connectivity index (χ1n) is 7.78. The van der Waals surface area contributed by atoms with E-state index < -0.39 is 10.0 Å². The Balaban J connectivity index is 2.11. The summed E-state index contributed by atoms with van der Waals surface area (Å²) < 4.78 is 26.9. The van der Waals surface area contributed by atoms with Gasteiger partial charge in [0.2, 0.25) is 10.0 Å². The Labute approximate surface area is 138 Å². The van der Waals surface area contributed by atoms with Crippen LogP contribution >= 0.6 is 0 Å². The molecule has 0 amide bonds. The van der Waals surface area contributed by atoms with Crippen molar-refractivity contribution in [3.8, 4) is 0 Å². The third-order valence-corrected chi connectivity index (χ3v) is 5.61. The summed E-state index contributed by atoms with van der Waals surface area (Å²) in [6.07, 6.45) is 4.63. The van der Waals surface area contributed by atoms with Gasteiger partial charge < -0.3 is 11.1 Å². The first kappa shape index (κ1) is 17.5. The van der Waals surface area contributed by atoms with Gasteiger partial charge in [-0.3, -0.25) is 0 Å². The molecule has 1 aromatic carbocycles. The molecule has 0 saturated carbocycles. The predicted molar refractivity (Wildman–Crippen MR) is 92.6 cm³/mol. The monoisotopic (exact) mass is 336 g/mol.